The zero-order valence-electron chi connectivity index (χ0n) is 6.02. The molecule has 5 nitrogen and oxygen atoms in total. The lowest BCUT2D eigenvalue weighted by atomic mass is 10.4. The number of hydrogen-bond donors (Lipinski definition) is 3. The molecule has 0 aliphatic heterocycles. The third-order valence-electron chi connectivity index (χ3n) is 0.496. The summed E-state index contributed by atoms with van der Waals surface area (Å²) in [6.45, 7) is 1.89. The first-order valence-electron chi connectivity index (χ1n) is 2.82. The Morgan fingerprint density at radius 1 is 1.27 bits per heavy atom. The minimum Gasteiger partial charge on any atom is -0.478 e. The van der Waals surface area contributed by atoms with Gasteiger partial charge >= 0.3 is 12.1 Å². The van der Waals surface area contributed by atoms with Crippen LogP contribution in [0.4, 0.5) is 4.79 Å². The van der Waals surface area contributed by atoms with Gasteiger partial charge in [0.05, 0.1) is 0 Å². The fraction of sp³-hybridized carbons (Fsp3) is 0.333. The smallest absolute Gasteiger partial charge is 0.478 e. The zero-order valence-corrected chi connectivity index (χ0v) is 6.02. The minimum absolute atomic E-state index is 0.784. The molecule has 0 fully saturated rings. The Morgan fingerprint density at radius 3 is 1.73 bits per heavy atom. The molecule has 3 N–H and O–H groups in total. The number of hydrogen-bond acceptors (Lipinski definition) is 2. The Kier molecular flexibility index (Phi) is 9.39. The molecule has 0 aromatic heterocycles. The second-order valence-corrected chi connectivity index (χ2v) is 1.43. The molecule has 0 radical (unpaired) electrons. The lowest BCUT2D eigenvalue weighted by molar-refractivity contribution is -0.131. The van der Waals surface area contributed by atoms with E-state index in [-0.39, 0.29) is 0 Å². The average molecular weight is 162 g/mol. The molecular weight excluding hydrogens is 152 g/mol. The first-order chi connectivity index (χ1) is 5.00. The summed E-state index contributed by atoms with van der Waals surface area (Å²) in [6, 6.07) is 0. The maximum atomic E-state index is 9.67. The summed E-state index contributed by atoms with van der Waals surface area (Å²) in [5.41, 5.74) is 0. The largest absolute Gasteiger partial charge is 0.503 e. The van der Waals surface area contributed by atoms with Gasteiger partial charge in [-0.1, -0.05) is 13.0 Å². The molecule has 0 saturated carbocycles. The molecule has 0 amide bonds. The summed E-state index contributed by atoms with van der Waals surface area (Å²) in [4.78, 5) is 18.2. The van der Waals surface area contributed by atoms with Gasteiger partial charge in [0.25, 0.3) is 0 Å². The van der Waals surface area contributed by atoms with Gasteiger partial charge in [0.15, 0.2) is 0 Å². The highest BCUT2D eigenvalue weighted by Gasteiger charge is 1.79. The normalized spacial score (nSPS) is 8.45. The molecule has 0 spiro atoms. The van der Waals surface area contributed by atoms with Crippen LogP contribution < -0.4 is 0 Å². The van der Waals surface area contributed by atoms with Crippen molar-refractivity contribution in [2.45, 2.75) is 13.3 Å². The number of carbonyl (C=O) groups is 2. The molecule has 5 heteroatoms. The third kappa shape index (κ3) is 57.9. The van der Waals surface area contributed by atoms with Gasteiger partial charge in [0, 0.05) is 6.08 Å². The summed E-state index contributed by atoms with van der Waals surface area (Å²) in [6.07, 6.45) is 1.69. The maximum absolute atomic E-state index is 9.67. The molecule has 11 heavy (non-hydrogen) atoms. The topological polar surface area (TPSA) is 94.8 Å². The maximum Gasteiger partial charge on any atom is 0.503 e. The third-order valence-corrected chi connectivity index (χ3v) is 0.496. The fourth-order valence-corrected chi connectivity index (χ4v) is 0.219. The molecule has 0 atom stereocenters. The van der Waals surface area contributed by atoms with E-state index in [1.54, 1.807) is 6.08 Å². The number of allylic oxidation sites excluding steroid dienone is 1. The average Bonchev–Trinajstić information content (AvgIpc) is 1.82. The Balaban J connectivity index is 0. The monoisotopic (exact) mass is 162 g/mol. The number of carboxylic acid groups (broad SMARTS) is 3. The minimum atomic E-state index is -1.83. The van der Waals surface area contributed by atoms with Gasteiger partial charge in [-0.25, -0.2) is 9.59 Å². The van der Waals surface area contributed by atoms with Gasteiger partial charge in [-0.2, -0.15) is 0 Å². The lowest BCUT2D eigenvalue weighted by Gasteiger charge is -1.73. The van der Waals surface area contributed by atoms with Crippen molar-refractivity contribution < 1.29 is 24.9 Å². The quantitative estimate of drug-likeness (QED) is 0.531. The number of aliphatic carboxylic acids is 1. The van der Waals surface area contributed by atoms with Crippen LogP contribution >= 0.6 is 0 Å². The Labute approximate surface area is 63.6 Å². The Hall–Kier alpha value is -1.52. The van der Waals surface area contributed by atoms with Crippen LogP contribution in [0.2, 0.25) is 0 Å². The molecule has 64 valence electrons. The fourth-order valence-electron chi connectivity index (χ4n) is 0.219. The van der Waals surface area contributed by atoms with E-state index in [1.807, 2.05) is 6.92 Å². The van der Waals surface area contributed by atoms with Crippen molar-refractivity contribution in [3.05, 3.63) is 12.2 Å². The van der Waals surface area contributed by atoms with E-state index >= 15 is 0 Å². The van der Waals surface area contributed by atoms with Gasteiger partial charge in [-0.05, 0) is 6.42 Å². The highest BCUT2D eigenvalue weighted by molar-refractivity contribution is 5.79. The van der Waals surface area contributed by atoms with Crippen LogP contribution in [-0.4, -0.2) is 27.4 Å². The lowest BCUT2D eigenvalue weighted by Crippen LogP contribution is -1.84. The van der Waals surface area contributed by atoms with E-state index < -0.39 is 12.1 Å². The van der Waals surface area contributed by atoms with Crippen LogP contribution in [0.5, 0.6) is 0 Å². The van der Waals surface area contributed by atoms with E-state index in [0.29, 0.717) is 0 Å². The van der Waals surface area contributed by atoms with Crippen molar-refractivity contribution in [3.8, 4) is 0 Å². The molecule has 0 saturated heterocycles. The summed E-state index contributed by atoms with van der Waals surface area (Å²) in [7, 11) is 0. The van der Waals surface area contributed by atoms with E-state index in [1.165, 1.54) is 0 Å². The molecule has 0 aliphatic carbocycles. The number of carboxylic acids is 1. The summed E-state index contributed by atoms with van der Waals surface area (Å²) >= 11 is 0. The molecule has 0 rings (SSSR count). The molecule has 0 bridgehead atoms. The molecular formula is C6H10O5. The zero-order chi connectivity index (χ0) is 9.28. The van der Waals surface area contributed by atoms with E-state index in [4.69, 9.17) is 20.1 Å². The second kappa shape index (κ2) is 8.48. The summed E-state index contributed by atoms with van der Waals surface area (Å²) < 4.78 is 0. The van der Waals surface area contributed by atoms with Crippen molar-refractivity contribution >= 4 is 12.1 Å². The predicted molar refractivity (Wildman–Crippen MR) is 37.7 cm³/mol. The standard InChI is InChI=1S/C5H8O2.CH2O3/c1-2-3-4-5(6)7;2-1(3)4/h3-4H,2H2,1H3,(H,6,7);(H2,2,3,4). The first kappa shape index (κ1) is 12.2. The van der Waals surface area contributed by atoms with Crippen LogP contribution in [0.15, 0.2) is 12.2 Å². The Bertz CT molecular complexity index is 145. The highest BCUT2D eigenvalue weighted by Crippen LogP contribution is 1.76. The van der Waals surface area contributed by atoms with E-state index in [0.717, 1.165) is 12.5 Å². The van der Waals surface area contributed by atoms with Crippen LogP contribution in [-0.2, 0) is 4.79 Å². The second-order valence-electron chi connectivity index (χ2n) is 1.43. The van der Waals surface area contributed by atoms with Gasteiger partial charge in [0.1, 0.15) is 0 Å². The van der Waals surface area contributed by atoms with Crippen molar-refractivity contribution in [2.75, 3.05) is 0 Å². The highest BCUT2D eigenvalue weighted by atomic mass is 16.6. The van der Waals surface area contributed by atoms with Crippen molar-refractivity contribution in [1.82, 2.24) is 0 Å². The Morgan fingerprint density at radius 2 is 1.64 bits per heavy atom. The van der Waals surface area contributed by atoms with Crippen LogP contribution in [0.3, 0.4) is 0 Å². The van der Waals surface area contributed by atoms with E-state index in [9.17, 15) is 4.79 Å². The molecule has 0 aromatic rings. The van der Waals surface area contributed by atoms with Crippen molar-refractivity contribution in [1.29, 1.82) is 0 Å². The van der Waals surface area contributed by atoms with Gasteiger partial charge in [-0.3, -0.25) is 0 Å². The molecule has 0 aromatic carbocycles. The summed E-state index contributed by atoms with van der Waals surface area (Å²) in [5, 5.41) is 21.9. The summed E-state index contributed by atoms with van der Waals surface area (Å²) in [5.74, 6) is -0.873. The molecule has 0 aliphatic rings. The van der Waals surface area contributed by atoms with Crippen molar-refractivity contribution in [3.63, 3.8) is 0 Å². The number of rotatable bonds is 2. The molecule has 0 heterocycles. The predicted octanol–water partition coefficient (Wildman–Crippen LogP) is 1.26. The van der Waals surface area contributed by atoms with Crippen LogP contribution in [0.25, 0.3) is 0 Å². The van der Waals surface area contributed by atoms with Crippen LogP contribution in [0, 0.1) is 0 Å². The van der Waals surface area contributed by atoms with E-state index in [2.05, 4.69) is 0 Å². The van der Waals surface area contributed by atoms with Gasteiger partial charge in [-0.15, -0.1) is 0 Å². The van der Waals surface area contributed by atoms with Crippen LogP contribution in [0.1, 0.15) is 13.3 Å². The van der Waals surface area contributed by atoms with Crippen molar-refractivity contribution in [2.24, 2.45) is 0 Å². The first-order valence-corrected chi connectivity index (χ1v) is 2.82. The van der Waals surface area contributed by atoms with Gasteiger partial charge in [0.2, 0.25) is 0 Å². The van der Waals surface area contributed by atoms with Gasteiger partial charge < -0.3 is 15.3 Å². The molecule has 0 unspecified atom stereocenters. The SMILES string of the molecule is CCC=CC(=O)O.O=C(O)O.